The fourth-order valence-corrected chi connectivity index (χ4v) is 4.02. The standard InChI is InChI=1S/C26H41N3O2/c1-7-11-12-13-25(31)21(5)27-28-22-14-15-24(29(6)18-10-4)23(19-22)26(20-30,16-8-2)17-9-3/h10,14-15,19-20,28H,4,7-9,11-13,16-18H2,1-3,5-6H3/b27-21+. The third kappa shape index (κ3) is 7.64. The van der Waals surface area contributed by atoms with Gasteiger partial charge in [0.1, 0.15) is 12.0 Å². The molecule has 0 spiro atoms. The fraction of sp³-hybridized carbons (Fsp3) is 0.577. The predicted molar refractivity (Wildman–Crippen MR) is 133 cm³/mol. The lowest BCUT2D eigenvalue weighted by Crippen LogP contribution is -2.31. The van der Waals surface area contributed by atoms with E-state index in [2.05, 4.69) is 42.8 Å². The number of aldehydes is 1. The van der Waals surface area contributed by atoms with E-state index in [-0.39, 0.29) is 5.78 Å². The van der Waals surface area contributed by atoms with E-state index in [1.54, 1.807) is 6.92 Å². The summed E-state index contributed by atoms with van der Waals surface area (Å²) in [5, 5.41) is 4.32. The quantitative estimate of drug-likeness (QED) is 0.111. The Balaban J connectivity index is 3.29. The molecule has 31 heavy (non-hydrogen) atoms. The number of carbonyl (C=O) groups excluding carboxylic acids is 2. The van der Waals surface area contributed by atoms with Crippen molar-refractivity contribution in [2.24, 2.45) is 5.10 Å². The van der Waals surface area contributed by atoms with Gasteiger partial charge in [-0.1, -0.05) is 52.5 Å². The molecule has 0 radical (unpaired) electrons. The molecule has 5 heteroatoms. The maximum absolute atomic E-state index is 12.4. The average Bonchev–Trinajstić information content (AvgIpc) is 2.77. The maximum atomic E-state index is 12.4. The van der Waals surface area contributed by atoms with Gasteiger partial charge in [0.05, 0.1) is 11.1 Å². The van der Waals surface area contributed by atoms with Crippen molar-refractivity contribution in [3.8, 4) is 0 Å². The van der Waals surface area contributed by atoms with Gasteiger partial charge in [-0.15, -0.1) is 6.58 Å². The van der Waals surface area contributed by atoms with Gasteiger partial charge in [0, 0.05) is 25.7 Å². The summed E-state index contributed by atoms with van der Waals surface area (Å²) in [5.41, 5.74) is 5.80. The van der Waals surface area contributed by atoms with Crippen LogP contribution in [0, 0.1) is 0 Å². The highest BCUT2D eigenvalue weighted by molar-refractivity contribution is 6.39. The predicted octanol–water partition coefficient (Wildman–Crippen LogP) is 6.28. The maximum Gasteiger partial charge on any atom is 0.178 e. The smallest absolute Gasteiger partial charge is 0.178 e. The first kappa shape index (κ1) is 26.6. The zero-order valence-electron chi connectivity index (χ0n) is 20.2. The van der Waals surface area contributed by atoms with Gasteiger partial charge >= 0.3 is 0 Å². The number of carbonyl (C=O) groups is 2. The van der Waals surface area contributed by atoms with Crippen molar-refractivity contribution in [2.45, 2.75) is 84.5 Å². The highest BCUT2D eigenvalue weighted by atomic mass is 16.1. The SMILES string of the molecule is C=CCN(C)c1ccc(N/N=C(\C)C(=O)CCCCC)cc1C(C=O)(CCC)CCC. The number of benzene rings is 1. The molecule has 0 aliphatic rings. The van der Waals surface area contributed by atoms with Crippen molar-refractivity contribution in [2.75, 3.05) is 23.9 Å². The Bertz CT molecular complexity index is 749. The van der Waals surface area contributed by atoms with Crippen LogP contribution in [-0.2, 0) is 15.0 Å². The Morgan fingerprint density at radius 2 is 1.84 bits per heavy atom. The van der Waals surface area contributed by atoms with Crippen LogP contribution in [0.2, 0.25) is 0 Å². The first-order valence-corrected chi connectivity index (χ1v) is 11.6. The van der Waals surface area contributed by atoms with Gasteiger partial charge in [-0.3, -0.25) is 10.2 Å². The van der Waals surface area contributed by atoms with Crippen molar-refractivity contribution in [3.63, 3.8) is 0 Å². The molecule has 0 unspecified atom stereocenters. The van der Waals surface area contributed by atoms with Crippen molar-refractivity contribution < 1.29 is 9.59 Å². The monoisotopic (exact) mass is 427 g/mol. The molecular weight excluding hydrogens is 386 g/mol. The summed E-state index contributed by atoms with van der Waals surface area (Å²) in [6.07, 6.45) is 9.97. The van der Waals surface area contributed by atoms with E-state index in [1.807, 2.05) is 31.3 Å². The summed E-state index contributed by atoms with van der Waals surface area (Å²) in [7, 11) is 2.01. The van der Waals surface area contributed by atoms with Crippen molar-refractivity contribution in [1.82, 2.24) is 0 Å². The van der Waals surface area contributed by atoms with Gasteiger partial charge in [0.2, 0.25) is 0 Å². The van der Waals surface area contributed by atoms with Crippen LogP contribution in [0.5, 0.6) is 0 Å². The van der Waals surface area contributed by atoms with Crippen molar-refractivity contribution in [3.05, 3.63) is 36.4 Å². The molecule has 1 N–H and O–H groups in total. The molecule has 1 aromatic rings. The fourth-order valence-electron chi connectivity index (χ4n) is 4.02. The highest BCUT2D eigenvalue weighted by Crippen LogP contribution is 2.39. The van der Waals surface area contributed by atoms with E-state index in [0.29, 0.717) is 18.7 Å². The van der Waals surface area contributed by atoms with Gasteiger partial charge in [-0.2, -0.15) is 5.10 Å². The number of nitrogens with one attached hydrogen (secondary N) is 1. The summed E-state index contributed by atoms with van der Waals surface area (Å²) in [4.78, 5) is 26.8. The zero-order chi connectivity index (χ0) is 23.3. The van der Waals surface area contributed by atoms with E-state index in [4.69, 9.17) is 0 Å². The van der Waals surface area contributed by atoms with E-state index >= 15 is 0 Å². The van der Waals surface area contributed by atoms with Gasteiger partial charge < -0.3 is 9.69 Å². The van der Waals surface area contributed by atoms with Gasteiger partial charge in [0.15, 0.2) is 5.78 Å². The molecule has 0 aromatic heterocycles. The number of hydrogen-bond donors (Lipinski definition) is 1. The summed E-state index contributed by atoms with van der Waals surface area (Å²) in [5.74, 6) is 0.0720. The van der Waals surface area contributed by atoms with Crippen LogP contribution >= 0.6 is 0 Å². The Hall–Kier alpha value is -2.43. The Morgan fingerprint density at radius 3 is 2.39 bits per heavy atom. The number of unbranched alkanes of at least 4 members (excludes halogenated alkanes) is 2. The number of ketones is 1. The molecule has 0 amide bonds. The van der Waals surface area contributed by atoms with Crippen molar-refractivity contribution in [1.29, 1.82) is 0 Å². The molecule has 0 saturated heterocycles. The second-order valence-corrected chi connectivity index (χ2v) is 8.36. The minimum absolute atomic E-state index is 0.0720. The summed E-state index contributed by atoms with van der Waals surface area (Å²) >= 11 is 0. The number of nitrogens with zero attached hydrogens (tertiary/aromatic N) is 2. The molecule has 0 heterocycles. The Labute approximate surface area is 189 Å². The molecule has 0 saturated carbocycles. The van der Waals surface area contributed by atoms with E-state index in [0.717, 1.165) is 68.2 Å². The number of Topliss-reactive ketones (excluding diaryl/α,β-unsaturated/α-hetero) is 1. The second-order valence-electron chi connectivity index (χ2n) is 8.36. The molecule has 0 atom stereocenters. The lowest BCUT2D eigenvalue weighted by molar-refractivity contribution is -0.113. The van der Waals surface area contributed by atoms with Crippen molar-refractivity contribution >= 4 is 29.2 Å². The lowest BCUT2D eigenvalue weighted by atomic mass is 9.73. The molecule has 0 fully saturated rings. The number of hydrazone groups is 1. The van der Waals surface area contributed by atoms with Gasteiger partial charge in [-0.05, 0) is 49.9 Å². The van der Waals surface area contributed by atoms with Crippen LogP contribution < -0.4 is 10.3 Å². The molecule has 1 rings (SSSR count). The molecule has 0 aliphatic heterocycles. The molecule has 5 nitrogen and oxygen atoms in total. The average molecular weight is 428 g/mol. The van der Waals surface area contributed by atoms with Crippen LogP contribution in [0.25, 0.3) is 0 Å². The Morgan fingerprint density at radius 1 is 1.16 bits per heavy atom. The molecule has 172 valence electrons. The number of rotatable bonds is 16. The number of hydrogen-bond acceptors (Lipinski definition) is 5. The zero-order valence-corrected chi connectivity index (χ0v) is 20.2. The first-order chi connectivity index (χ1) is 14.9. The summed E-state index contributed by atoms with van der Waals surface area (Å²) < 4.78 is 0. The second kappa shape index (κ2) is 13.8. The van der Waals surface area contributed by atoms with E-state index in [1.165, 1.54) is 0 Å². The van der Waals surface area contributed by atoms with E-state index < -0.39 is 5.41 Å². The molecule has 0 aliphatic carbocycles. The van der Waals surface area contributed by atoms with Crippen LogP contribution in [-0.4, -0.2) is 31.4 Å². The van der Waals surface area contributed by atoms with Gasteiger partial charge in [0.25, 0.3) is 0 Å². The van der Waals surface area contributed by atoms with Crippen LogP contribution in [0.1, 0.15) is 84.6 Å². The molecule has 1 aromatic carbocycles. The third-order valence-electron chi connectivity index (χ3n) is 5.73. The lowest BCUT2D eigenvalue weighted by Gasteiger charge is -2.33. The minimum Gasteiger partial charge on any atom is -0.371 e. The normalized spacial score (nSPS) is 11.8. The van der Waals surface area contributed by atoms with Crippen LogP contribution in [0.4, 0.5) is 11.4 Å². The summed E-state index contributed by atoms with van der Waals surface area (Å²) in [6.45, 7) is 12.6. The topological polar surface area (TPSA) is 61.8 Å². The van der Waals surface area contributed by atoms with Gasteiger partial charge in [-0.25, -0.2) is 0 Å². The summed E-state index contributed by atoms with van der Waals surface area (Å²) in [6, 6.07) is 6.00. The molecule has 0 bridgehead atoms. The Kier molecular flexibility index (Phi) is 11.8. The highest BCUT2D eigenvalue weighted by Gasteiger charge is 2.33. The largest absolute Gasteiger partial charge is 0.371 e. The first-order valence-electron chi connectivity index (χ1n) is 11.6. The molecular formula is C26H41N3O2. The third-order valence-corrected chi connectivity index (χ3v) is 5.73. The number of anilines is 2. The van der Waals surface area contributed by atoms with Crippen LogP contribution in [0.3, 0.4) is 0 Å². The van der Waals surface area contributed by atoms with Crippen LogP contribution in [0.15, 0.2) is 36.0 Å². The minimum atomic E-state index is -0.541. The van der Waals surface area contributed by atoms with E-state index in [9.17, 15) is 9.59 Å². The number of likely N-dealkylation sites (N-methyl/N-ethyl adjacent to an activating group) is 1.